The first kappa shape index (κ1) is 25.9. The second-order valence-electron chi connectivity index (χ2n) is 9.20. The smallest absolute Gasteiger partial charge is 0.264 e. The van der Waals surface area contributed by atoms with Gasteiger partial charge in [-0.1, -0.05) is 24.0 Å². The molecule has 0 radical (unpaired) electrons. The molecule has 3 aromatic rings. The fraction of sp³-hybridized carbons (Fsp3) is 0.385. The molecule has 0 spiro atoms. The highest BCUT2D eigenvalue weighted by Gasteiger charge is 2.43. The average Bonchev–Trinajstić information content (AvgIpc) is 3.28. The van der Waals surface area contributed by atoms with Crippen LogP contribution < -0.4 is 5.48 Å². The molecule has 2 N–H and O–H groups in total. The number of sulfone groups is 1. The van der Waals surface area contributed by atoms with E-state index in [0.717, 1.165) is 61.1 Å². The van der Waals surface area contributed by atoms with E-state index in [4.69, 9.17) is 9.94 Å². The first-order chi connectivity index (χ1) is 17.2. The Kier molecular flexibility index (Phi) is 7.76. The van der Waals surface area contributed by atoms with Crippen molar-refractivity contribution in [3.05, 3.63) is 65.4 Å². The third kappa shape index (κ3) is 5.94. The van der Waals surface area contributed by atoms with Crippen LogP contribution in [0.1, 0.15) is 30.0 Å². The van der Waals surface area contributed by atoms with Gasteiger partial charge in [-0.05, 0) is 49.2 Å². The molecular weight excluding hydrogens is 480 g/mol. The van der Waals surface area contributed by atoms with E-state index in [0.29, 0.717) is 0 Å². The molecule has 4 rings (SSSR count). The number of rotatable bonds is 7. The van der Waals surface area contributed by atoms with E-state index >= 15 is 0 Å². The van der Waals surface area contributed by atoms with Gasteiger partial charge in [0, 0.05) is 55.1 Å². The Bertz CT molecular complexity index is 1400. The molecule has 9 nitrogen and oxygen atoms in total. The summed E-state index contributed by atoms with van der Waals surface area (Å²) in [6.45, 7) is 5.86. The van der Waals surface area contributed by atoms with Gasteiger partial charge in [-0.3, -0.25) is 19.6 Å². The van der Waals surface area contributed by atoms with Crippen molar-refractivity contribution >= 4 is 26.6 Å². The van der Waals surface area contributed by atoms with E-state index in [1.807, 2.05) is 30.3 Å². The lowest BCUT2D eigenvalue weighted by atomic mass is 10.1. The molecule has 0 aliphatic carbocycles. The monoisotopic (exact) mass is 510 g/mol. The number of amides is 1. The average molecular weight is 511 g/mol. The molecule has 1 amide bonds. The number of ether oxygens (including phenoxy) is 1. The Labute approximate surface area is 210 Å². The van der Waals surface area contributed by atoms with Gasteiger partial charge in [0.05, 0.1) is 18.7 Å². The van der Waals surface area contributed by atoms with Crippen molar-refractivity contribution in [2.45, 2.75) is 31.2 Å². The van der Waals surface area contributed by atoms with E-state index in [-0.39, 0.29) is 13.0 Å². The Balaban J connectivity index is 1.43. The van der Waals surface area contributed by atoms with Crippen LogP contribution in [0.15, 0.2) is 48.7 Å². The number of aryl methyl sites for hydroxylation is 1. The number of morpholine rings is 1. The maximum atomic E-state index is 12.2. The summed E-state index contributed by atoms with van der Waals surface area (Å²) >= 11 is 0. The summed E-state index contributed by atoms with van der Waals surface area (Å²) in [7, 11) is -3.77. The molecule has 1 fully saturated rings. The first-order valence-electron chi connectivity index (χ1n) is 11.7. The Hall–Kier alpha value is -3.23. The first-order valence-corrected chi connectivity index (χ1v) is 13.6. The number of nitrogens with zero attached hydrogens (tertiary/aromatic N) is 3. The molecule has 0 bridgehead atoms. The standard InChI is InChI=1S/C26H30N4O5S/c1-26(25(31)28-32,36(2,33)34)11-12-30-19-23-17-21(9-10-24(23)27-30)6-3-20-4-7-22(8-5-20)18-29-13-15-35-16-14-29/h4-5,7-10,17,19,32H,11-16,18H2,1-2H3,(H,28,31). The highest BCUT2D eigenvalue weighted by Crippen LogP contribution is 2.23. The molecule has 10 heteroatoms. The molecule has 190 valence electrons. The van der Waals surface area contributed by atoms with Crippen molar-refractivity contribution in [1.29, 1.82) is 0 Å². The van der Waals surface area contributed by atoms with Crippen LogP contribution in [0.3, 0.4) is 0 Å². The number of carbonyl (C=O) groups is 1. The highest BCUT2D eigenvalue weighted by atomic mass is 32.2. The summed E-state index contributed by atoms with van der Waals surface area (Å²) < 4.78 is 29.6. The van der Waals surface area contributed by atoms with Gasteiger partial charge in [-0.2, -0.15) is 5.10 Å². The zero-order valence-electron chi connectivity index (χ0n) is 20.4. The van der Waals surface area contributed by atoms with Crippen molar-refractivity contribution < 1.29 is 23.2 Å². The number of hydroxylamine groups is 1. The zero-order valence-corrected chi connectivity index (χ0v) is 21.2. The molecule has 36 heavy (non-hydrogen) atoms. The van der Waals surface area contributed by atoms with E-state index in [2.05, 4.69) is 34.0 Å². The van der Waals surface area contributed by atoms with Gasteiger partial charge in [-0.15, -0.1) is 0 Å². The summed E-state index contributed by atoms with van der Waals surface area (Å²) in [5.41, 5.74) is 5.21. The Morgan fingerprint density at radius 2 is 1.81 bits per heavy atom. The summed E-state index contributed by atoms with van der Waals surface area (Å²) in [6, 6.07) is 13.9. The number of nitrogens with one attached hydrogen (secondary N) is 1. The van der Waals surface area contributed by atoms with Crippen molar-refractivity contribution in [2.24, 2.45) is 0 Å². The number of carbonyl (C=O) groups excluding carboxylic acids is 1. The Morgan fingerprint density at radius 1 is 1.14 bits per heavy atom. The zero-order chi connectivity index (χ0) is 25.8. The van der Waals surface area contributed by atoms with Gasteiger partial charge >= 0.3 is 0 Å². The molecular formula is C26H30N4O5S. The summed E-state index contributed by atoms with van der Waals surface area (Å²) in [5, 5.41) is 14.3. The van der Waals surface area contributed by atoms with Crippen LogP contribution in [-0.2, 0) is 32.5 Å². The molecule has 0 saturated carbocycles. The van der Waals surface area contributed by atoms with E-state index < -0.39 is 20.5 Å². The predicted octanol–water partition coefficient (Wildman–Crippen LogP) is 1.97. The minimum Gasteiger partial charge on any atom is -0.379 e. The number of benzene rings is 2. The molecule has 1 aliphatic rings. The maximum Gasteiger partial charge on any atom is 0.264 e. The van der Waals surface area contributed by atoms with Crippen LogP contribution in [0.25, 0.3) is 10.9 Å². The van der Waals surface area contributed by atoms with Crippen LogP contribution in [0, 0.1) is 11.8 Å². The highest BCUT2D eigenvalue weighted by molar-refractivity contribution is 7.92. The molecule has 1 saturated heterocycles. The largest absolute Gasteiger partial charge is 0.379 e. The van der Waals surface area contributed by atoms with Crippen molar-refractivity contribution in [3.63, 3.8) is 0 Å². The SMILES string of the molecule is CC(CCn1cc2cc(C#Cc3ccc(CN4CCOCC4)cc3)ccc2n1)(C(=O)NO)S(C)(=O)=O. The lowest BCUT2D eigenvalue weighted by Gasteiger charge is -2.26. The van der Waals surface area contributed by atoms with Gasteiger partial charge in [0.2, 0.25) is 0 Å². The quantitative estimate of drug-likeness (QED) is 0.284. The molecule has 1 aliphatic heterocycles. The second-order valence-corrected chi connectivity index (χ2v) is 11.6. The topological polar surface area (TPSA) is 114 Å². The summed E-state index contributed by atoms with van der Waals surface area (Å²) in [6.07, 6.45) is 2.73. The Morgan fingerprint density at radius 3 is 2.47 bits per heavy atom. The van der Waals surface area contributed by atoms with Crippen LogP contribution in [-0.4, -0.2) is 71.5 Å². The van der Waals surface area contributed by atoms with E-state index in [1.165, 1.54) is 18.0 Å². The van der Waals surface area contributed by atoms with Gasteiger partial charge in [0.15, 0.2) is 14.6 Å². The predicted molar refractivity (Wildman–Crippen MR) is 136 cm³/mol. The van der Waals surface area contributed by atoms with Crippen molar-refractivity contribution in [2.75, 3.05) is 32.6 Å². The fourth-order valence-corrected chi connectivity index (χ4v) is 4.88. The third-order valence-electron chi connectivity index (χ3n) is 6.59. The minimum absolute atomic E-state index is 0.0413. The number of aromatic nitrogens is 2. The second kappa shape index (κ2) is 10.8. The lowest BCUT2D eigenvalue weighted by molar-refractivity contribution is -0.131. The number of fused-ring (bicyclic) bond motifs is 1. The van der Waals surface area contributed by atoms with Crippen molar-refractivity contribution in [3.8, 4) is 11.8 Å². The number of hydrogen-bond donors (Lipinski definition) is 2. The molecule has 1 atom stereocenters. The molecule has 1 unspecified atom stereocenters. The van der Waals surface area contributed by atoms with E-state index in [1.54, 1.807) is 10.9 Å². The van der Waals surface area contributed by atoms with Gasteiger partial charge in [-0.25, -0.2) is 13.9 Å². The summed E-state index contributed by atoms with van der Waals surface area (Å²) in [5.74, 6) is 5.42. The van der Waals surface area contributed by atoms with Crippen molar-refractivity contribution in [1.82, 2.24) is 20.2 Å². The van der Waals surface area contributed by atoms with Crippen LogP contribution >= 0.6 is 0 Å². The fourth-order valence-electron chi connectivity index (χ4n) is 4.04. The van der Waals surface area contributed by atoms with Gasteiger partial charge in [0.25, 0.3) is 5.91 Å². The molecule has 2 heterocycles. The van der Waals surface area contributed by atoms with Crippen LogP contribution in [0.2, 0.25) is 0 Å². The van der Waals surface area contributed by atoms with E-state index in [9.17, 15) is 13.2 Å². The van der Waals surface area contributed by atoms with Crippen LogP contribution in [0.5, 0.6) is 0 Å². The van der Waals surface area contributed by atoms with Gasteiger partial charge < -0.3 is 4.74 Å². The van der Waals surface area contributed by atoms with Crippen LogP contribution in [0.4, 0.5) is 0 Å². The molecule has 1 aromatic heterocycles. The molecule has 2 aromatic carbocycles. The van der Waals surface area contributed by atoms with Gasteiger partial charge in [0.1, 0.15) is 0 Å². The third-order valence-corrected chi connectivity index (χ3v) is 8.61. The normalized spacial score (nSPS) is 16.2. The minimum atomic E-state index is -3.77. The lowest BCUT2D eigenvalue weighted by Crippen LogP contribution is -2.49. The maximum absolute atomic E-state index is 12.2. The summed E-state index contributed by atoms with van der Waals surface area (Å²) in [4.78, 5) is 14.4. The number of hydrogen-bond acceptors (Lipinski definition) is 7.